The van der Waals surface area contributed by atoms with E-state index in [9.17, 15) is 8.42 Å². The highest BCUT2D eigenvalue weighted by molar-refractivity contribution is 7.91. The van der Waals surface area contributed by atoms with Gasteiger partial charge < -0.3 is 5.32 Å². The summed E-state index contributed by atoms with van der Waals surface area (Å²) in [5.74, 6) is 1.18. The van der Waals surface area contributed by atoms with E-state index >= 15 is 0 Å². The van der Waals surface area contributed by atoms with Gasteiger partial charge in [0.05, 0.1) is 17.7 Å². The molecule has 1 unspecified atom stereocenters. The molecule has 3 rings (SSSR count). The lowest BCUT2D eigenvalue weighted by molar-refractivity contribution is 0.561. The van der Waals surface area contributed by atoms with Crippen LogP contribution in [0.5, 0.6) is 0 Å². The summed E-state index contributed by atoms with van der Waals surface area (Å²) in [6, 6.07) is 1.80. The van der Waals surface area contributed by atoms with Gasteiger partial charge in [-0.3, -0.25) is 0 Å². The Balaban J connectivity index is 1.86. The van der Waals surface area contributed by atoms with Gasteiger partial charge in [0, 0.05) is 18.4 Å². The maximum atomic E-state index is 11.6. The average molecular weight is 266 g/mol. The summed E-state index contributed by atoms with van der Waals surface area (Å²) in [7, 11) is -2.90. The quantitative estimate of drug-likeness (QED) is 0.866. The normalized spacial score (nSPS) is 23.0. The summed E-state index contributed by atoms with van der Waals surface area (Å²) in [5.41, 5.74) is 0.862. The van der Waals surface area contributed by atoms with E-state index in [0.29, 0.717) is 18.0 Å². The lowest BCUT2D eigenvalue weighted by atomic mass is 10.2. The third-order valence-electron chi connectivity index (χ3n) is 3.13. The topological polar surface area (TPSA) is 76.4 Å². The van der Waals surface area contributed by atoms with Crippen LogP contribution in [0, 0.1) is 0 Å². The lowest BCUT2D eigenvalue weighted by Crippen LogP contribution is -2.35. The largest absolute Gasteiger partial charge is 0.365 e. The van der Waals surface area contributed by atoms with E-state index in [4.69, 9.17) is 0 Å². The van der Waals surface area contributed by atoms with Crippen LogP contribution >= 0.6 is 0 Å². The van der Waals surface area contributed by atoms with Crippen molar-refractivity contribution in [1.82, 2.24) is 14.6 Å². The van der Waals surface area contributed by atoms with Gasteiger partial charge in [0.15, 0.2) is 15.7 Å². The average Bonchev–Trinajstić information content (AvgIpc) is 2.77. The van der Waals surface area contributed by atoms with Crippen LogP contribution in [0.2, 0.25) is 0 Å². The molecule has 0 radical (unpaired) electrons. The Morgan fingerprint density at radius 1 is 1.39 bits per heavy atom. The minimum atomic E-state index is -2.90. The smallest absolute Gasteiger partial charge is 0.152 e. The molecule has 1 atom stereocenters. The predicted molar refractivity (Wildman–Crippen MR) is 68.3 cm³/mol. The maximum absolute atomic E-state index is 11.6. The summed E-state index contributed by atoms with van der Waals surface area (Å²) in [6.07, 6.45) is 6.68. The van der Waals surface area contributed by atoms with Gasteiger partial charge in [0.25, 0.3) is 0 Å². The Morgan fingerprint density at radius 3 is 3.11 bits per heavy atom. The van der Waals surface area contributed by atoms with Gasteiger partial charge in [-0.2, -0.15) is 5.10 Å². The number of hydrogen-bond donors (Lipinski definition) is 1. The molecule has 3 heterocycles. The van der Waals surface area contributed by atoms with E-state index in [1.165, 1.54) is 0 Å². The Bertz CT molecular complexity index is 664. The maximum Gasteiger partial charge on any atom is 0.152 e. The van der Waals surface area contributed by atoms with Gasteiger partial charge in [-0.25, -0.2) is 17.9 Å². The molecule has 1 aliphatic rings. The minimum absolute atomic E-state index is 0.0580. The Morgan fingerprint density at radius 2 is 2.28 bits per heavy atom. The van der Waals surface area contributed by atoms with Gasteiger partial charge >= 0.3 is 0 Å². The molecule has 1 fully saturated rings. The van der Waals surface area contributed by atoms with Crippen LogP contribution < -0.4 is 5.32 Å². The van der Waals surface area contributed by atoms with E-state index in [2.05, 4.69) is 15.4 Å². The zero-order valence-electron chi connectivity index (χ0n) is 9.78. The molecule has 2 aromatic rings. The SMILES string of the molecule is O=S1(=O)CCCC(Nc2nccn3nccc23)C1. The molecule has 7 heteroatoms. The fraction of sp³-hybridized carbons (Fsp3) is 0.455. The van der Waals surface area contributed by atoms with Crippen LogP contribution in [0.4, 0.5) is 5.82 Å². The molecule has 0 aliphatic carbocycles. The number of fused-ring (bicyclic) bond motifs is 1. The summed E-state index contributed by atoms with van der Waals surface area (Å²) < 4.78 is 24.9. The number of rotatable bonds is 2. The molecule has 6 nitrogen and oxygen atoms in total. The third-order valence-corrected chi connectivity index (χ3v) is 4.95. The fourth-order valence-corrected chi connectivity index (χ4v) is 3.94. The van der Waals surface area contributed by atoms with E-state index in [1.807, 2.05) is 6.07 Å². The summed E-state index contributed by atoms with van der Waals surface area (Å²) in [5, 5.41) is 7.33. The molecule has 1 N–H and O–H groups in total. The van der Waals surface area contributed by atoms with E-state index < -0.39 is 9.84 Å². The number of sulfone groups is 1. The van der Waals surface area contributed by atoms with Gasteiger partial charge in [0.1, 0.15) is 5.52 Å². The highest BCUT2D eigenvalue weighted by Crippen LogP contribution is 2.19. The number of anilines is 1. The zero-order valence-corrected chi connectivity index (χ0v) is 10.6. The number of nitrogens with zero attached hydrogens (tertiary/aromatic N) is 3. The number of aromatic nitrogens is 3. The molecule has 0 bridgehead atoms. The van der Waals surface area contributed by atoms with Gasteiger partial charge in [-0.1, -0.05) is 0 Å². The molecular formula is C11H14N4O2S. The van der Waals surface area contributed by atoms with E-state index in [1.54, 1.807) is 23.1 Å². The van der Waals surface area contributed by atoms with Gasteiger partial charge in [-0.05, 0) is 18.9 Å². The molecule has 0 saturated carbocycles. The number of nitrogens with one attached hydrogen (secondary N) is 1. The van der Waals surface area contributed by atoms with Crippen molar-refractivity contribution in [3.63, 3.8) is 0 Å². The fourth-order valence-electron chi connectivity index (χ4n) is 2.30. The summed E-state index contributed by atoms with van der Waals surface area (Å²) in [4.78, 5) is 4.25. The van der Waals surface area contributed by atoms with Crippen LogP contribution in [0.1, 0.15) is 12.8 Å². The monoisotopic (exact) mass is 266 g/mol. The molecule has 2 aromatic heterocycles. The molecule has 96 valence electrons. The molecule has 0 aromatic carbocycles. The van der Waals surface area contributed by atoms with Crippen LogP contribution in [0.25, 0.3) is 5.52 Å². The second kappa shape index (κ2) is 4.24. The van der Waals surface area contributed by atoms with Crippen molar-refractivity contribution in [3.05, 3.63) is 24.7 Å². The Labute approximate surface area is 105 Å². The van der Waals surface area contributed by atoms with Crippen LogP contribution in [0.3, 0.4) is 0 Å². The van der Waals surface area contributed by atoms with Crippen molar-refractivity contribution in [2.24, 2.45) is 0 Å². The van der Waals surface area contributed by atoms with Gasteiger partial charge in [-0.15, -0.1) is 0 Å². The Hall–Kier alpha value is -1.63. The van der Waals surface area contributed by atoms with Crippen molar-refractivity contribution in [1.29, 1.82) is 0 Å². The van der Waals surface area contributed by atoms with Crippen molar-refractivity contribution in [2.75, 3.05) is 16.8 Å². The van der Waals surface area contributed by atoms with E-state index in [-0.39, 0.29) is 11.8 Å². The first kappa shape index (κ1) is 11.5. The third kappa shape index (κ3) is 2.17. The predicted octanol–water partition coefficient (Wildman–Crippen LogP) is 0.718. The van der Waals surface area contributed by atoms with Crippen molar-refractivity contribution in [3.8, 4) is 0 Å². The van der Waals surface area contributed by atoms with Crippen LogP contribution in [-0.2, 0) is 9.84 Å². The number of hydrogen-bond acceptors (Lipinski definition) is 5. The van der Waals surface area contributed by atoms with Crippen molar-refractivity contribution >= 4 is 21.2 Å². The summed E-state index contributed by atoms with van der Waals surface area (Å²) >= 11 is 0. The second-order valence-electron chi connectivity index (χ2n) is 4.53. The Kier molecular flexibility index (Phi) is 2.70. The standard InChI is InChI=1S/C11H14N4O2S/c16-18(17)7-1-2-9(8-18)14-11-10-3-4-13-15(10)6-5-12-11/h3-6,9H,1-2,7-8H2,(H,12,14). The highest BCUT2D eigenvalue weighted by Gasteiger charge is 2.25. The lowest BCUT2D eigenvalue weighted by Gasteiger charge is -2.23. The second-order valence-corrected chi connectivity index (χ2v) is 6.76. The van der Waals surface area contributed by atoms with Crippen molar-refractivity contribution < 1.29 is 8.42 Å². The minimum Gasteiger partial charge on any atom is -0.365 e. The molecule has 0 amide bonds. The molecule has 0 spiro atoms. The highest BCUT2D eigenvalue weighted by atomic mass is 32.2. The first-order valence-electron chi connectivity index (χ1n) is 5.89. The first-order valence-corrected chi connectivity index (χ1v) is 7.71. The van der Waals surface area contributed by atoms with Crippen LogP contribution in [0.15, 0.2) is 24.7 Å². The molecule has 1 aliphatic heterocycles. The van der Waals surface area contributed by atoms with Gasteiger partial charge in [0.2, 0.25) is 0 Å². The first-order chi connectivity index (χ1) is 8.64. The zero-order chi connectivity index (χ0) is 12.6. The van der Waals surface area contributed by atoms with Crippen molar-refractivity contribution in [2.45, 2.75) is 18.9 Å². The summed E-state index contributed by atoms with van der Waals surface area (Å²) in [6.45, 7) is 0. The van der Waals surface area contributed by atoms with Crippen LogP contribution in [-0.4, -0.2) is 40.6 Å². The molecule has 1 saturated heterocycles. The molecular weight excluding hydrogens is 252 g/mol. The molecule has 18 heavy (non-hydrogen) atoms. The van der Waals surface area contributed by atoms with E-state index in [0.717, 1.165) is 11.9 Å².